The lowest BCUT2D eigenvalue weighted by Gasteiger charge is -2.32. The molecule has 0 spiro atoms. The molecule has 0 aromatic heterocycles. The highest BCUT2D eigenvalue weighted by Crippen LogP contribution is 2.20. The van der Waals surface area contributed by atoms with Gasteiger partial charge in [-0.25, -0.2) is 8.78 Å². The maximum absolute atomic E-state index is 13.5. The first kappa shape index (κ1) is 13.4. The van der Waals surface area contributed by atoms with E-state index in [0.717, 1.165) is 32.5 Å². The van der Waals surface area contributed by atoms with Gasteiger partial charge < -0.3 is 5.32 Å². The number of hydrogen-bond acceptors (Lipinski definition) is 2. The zero-order valence-corrected chi connectivity index (χ0v) is 10.8. The van der Waals surface area contributed by atoms with E-state index in [9.17, 15) is 8.78 Å². The lowest BCUT2D eigenvalue weighted by molar-refractivity contribution is 0.173. The summed E-state index contributed by atoms with van der Waals surface area (Å²) < 4.78 is 27.1. The summed E-state index contributed by atoms with van der Waals surface area (Å²) in [6.07, 6.45) is 2.19. The molecular weight excluding hydrogens is 234 g/mol. The third-order valence-electron chi connectivity index (χ3n) is 3.64. The summed E-state index contributed by atoms with van der Waals surface area (Å²) in [6, 6.07) is 4.06. The number of rotatable bonds is 4. The van der Waals surface area contributed by atoms with Gasteiger partial charge in [0.15, 0.2) is 0 Å². The molecular formula is C14H20F2N2. The molecule has 1 aromatic rings. The van der Waals surface area contributed by atoms with Crippen LogP contribution in [0, 0.1) is 17.6 Å². The summed E-state index contributed by atoms with van der Waals surface area (Å²) >= 11 is 0. The molecule has 0 radical (unpaired) electrons. The van der Waals surface area contributed by atoms with Crippen molar-refractivity contribution in [1.82, 2.24) is 10.2 Å². The Bertz CT molecular complexity index is 367. The normalized spacial score (nSPS) is 18.2. The Morgan fingerprint density at radius 1 is 1.22 bits per heavy atom. The SMILES string of the molecule is CNCC1CCN(Cc2c(F)cccc2F)CC1. The first-order valence-corrected chi connectivity index (χ1v) is 6.50. The average molecular weight is 254 g/mol. The fourth-order valence-corrected chi connectivity index (χ4v) is 2.54. The molecule has 0 bridgehead atoms. The number of hydrogen-bond donors (Lipinski definition) is 1. The standard InChI is InChI=1S/C14H20F2N2/c1-17-9-11-5-7-18(8-6-11)10-12-13(15)3-2-4-14(12)16/h2-4,11,17H,5-10H2,1H3. The van der Waals surface area contributed by atoms with Gasteiger partial charge in [-0.15, -0.1) is 0 Å². The van der Waals surface area contributed by atoms with E-state index in [0.29, 0.717) is 12.5 Å². The second-order valence-electron chi connectivity index (χ2n) is 4.98. The smallest absolute Gasteiger partial charge is 0.130 e. The van der Waals surface area contributed by atoms with Gasteiger partial charge in [0.05, 0.1) is 0 Å². The highest BCUT2D eigenvalue weighted by atomic mass is 19.1. The topological polar surface area (TPSA) is 15.3 Å². The quantitative estimate of drug-likeness (QED) is 0.887. The predicted octanol–water partition coefficient (Wildman–Crippen LogP) is 2.40. The van der Waals surface area contributed by atoms with Gasteiger partial charge in [0.25, 0.3) is 0 Å². The molecule has 2 rings (SSSR count). The Kier molecular flexibility index (Phi) is 4.66. The molecule has 0 atom stereocenters. The summed E-state index contributed by atoms with van der Waals surface area (Å²) in [6.45, 7) is 3.24. The van der Waals surface area contributed by atoms with Gasteiger partial charge in [-0.05, 0) is 57.6 Å². The highest BCUT2D eigenvalue weighted by Gasteiger charge is 2.20. The fraction of sp³-hybridized carbons (Fsp3) is 0.571. The summed E-state index contributed by atoms with van der Waals surface area (Å²) in [5.74, 6) is -0.184. The molecule has 0 saturated carbocycles. The molecule has 1 heterocycles. The van der Waals surface area contributed by atoms with Crippen molar-refractivity contribution in [2.45, 2.75) is 19.4 Å². The van der Waals surface area contributed by atoms with Crippen LogP contribution in [0.25, 0.3) is 0 Å². The minimum absolute atomic E-state index is 0.199. The number of likely N-dealkylation sites (tertiary alicyclic amines) is 1. The average Bonchev–Trinajstić information content (AvgIpc) is 2.36. The van der Waals surface area contributed by atoms with E-state index in [1.165, 1.54) is 18.2 Å². The van der Waals surface area contributed by atoms with Gasteiger partial charge in [-0.3, -0.25) is 4.90 Å². The van der Waals surface area contributed by atoms with E-state index >= 15 is 0 Å². The molecule has 100 valence electrons. The van der Waals surface area contributed by atoms with E-state index in [-0.39, 0.29) is 5.56 Å². The lowest BCUT2D eigenvalue weighted by Crippen LogP contribution is -2.36. The van der Waals surface area contributed by atoms with E-state index in [1.54, 1.807) is 0 Å². The van der Waals surface area contributed by atoms with Crippen molar-refractivity contribution in [3.8, 4) is 0 Å². The van der Waals surface area contributed by atoms with Crippen molar-refractivity contribution in [3.05, 3.63) is 35.4 Å². The van der Waals surface area contributed by atoms with Gasteiger partial charge in [-0.2, -0.15) is 0 Å². The molecule has 1 aromatic carbocycles. The summed E-state index contributed by atoms with van der Waals surface area (Å²) in [4.78, 5) is 2.13. The number of piperidine rings is 1. The predicted molar refractivity (Wildman–Crippen MR) is 68.3 cm³/mol. The van der Waals surface area contributed by atoms with Gasteiger partial charge in [0.2, 0.25) is 0 Å². The maximum Gasteiger partial charge on any atom is 0.130 e. The molecule has 1 aliphatic rings. The van der Waals surface area contributed by atoms with Crippen LogP contribution < -0.4 is 5.32 Å². The van der Waals surface area contributed by atoms with Crippen molar-refractivity contribution in [3.63, 3.8) is 0 Å². The summed E-state index contributed by atoms with van der Waals surface area (Å²) in [5, 5.41) is 3.18. The molecule has 0 amide bonds. The minimum Gasteiger partial charge on any atom is -0.319 e. The number of nitrogens with one attached hydrogen (secondary N) is 1. The third-order valence-corrected chi connectivity index (χ3v) is 3.64. The first-order chi connectivity index (χ1) is 8.70. The molecule has 4 heteroatoms. The lowest BCUT2D eigenvalue weighted by atomic mass is 9.96. The minimum atomic E-state index is -0.438. The van der Waals surface area contributed by atoms with Gasteiger partial charge in [0.1, 0.15) is 11.6 Å². The van der Waals surface area contributed by atoms with Gasteiger partial charge >= 0.3 is 0 Å². The maximum atomic E-state index is 13.5. The van der Waals surface area contributed by atoms with Crippen molar-refractivity contribution in [2.75, 3.05) is 26.7 Å². The molecule has 18 heavy (non-hydrogen) atoms. The number of benzene rings is 1. The summed E-state index contributed by atoms with van der Waals surface area (Å²) in [7, 11) is 1.96. The van der Waals surface area contributed by atoms with E-state index in [4.69, 9.17) is 0 Å². The van der Waals surface area contributed by atoms with Crippen molar-refractivity contribution in [1.29, 1.82) is 0 Å². The van der Waals surface area contributed by atoms with Crippen LogP contribution in [0.2, 0.25) is 0 Å². The van der Waals surface area contributed by atoms with Gasteiger partial charge in [0, 0.05) is 12.1 Å². The zero-order chi connectivity index (χ0) is 13.0. The largest absolute Gasteiger partial charge is 0.319 e. The van der Waals surface area contributed by atoms with Crippen LogP contribution in [0.4, 0.5) is 8.78 Å². The van der Waals surface area contributed by atoms with Crippen LogP contribution in [-0.4, -0.2) is 31.6 Å². The Morgan fingerprint density at radius 3 is 2.39 bits per heavy atom. The first-order valence-electron chi connectivity index (χ1n) is 6.50. The Balaban J connectivity index is 1.92. The van der Waals surface area contributed by atoms with Crippen LogP contribution >= 0.6 is 0 Å². The van der Waals surface area contributed by atoms with Crippen LogP contribution in [0.1, 0.15) is 18.4 Å². The molecule has 1 aliphatic heterocycles. The van der Waals surface area contributed by atoms with Crippen LogP contribution in [0.15, 0.2) is 18.2 Å². The number of halogens is 2. The molecule has 2 nitrogen and oxygen atoms in total. The van der Waals surface area contributed by atoms with Crippen LogP contribution in [-0.2, 0) is 6.54 Å². The number of nitrogens with zero attached hydrogens (tertiary/aromatic N) is 1. The Labute approximate surface area is 107 Å². The third kappa shape index (κ3) is 3.27. The van der Waals surface area contributed by atoms with E-state index in [2.05, 4.69) is 10.2 Å². The van der Waals surface area contributed by atoms with Crippen molar-refractivity contribution < 1.29 is 8.78 Å². The second-order valence-corrected chi connectivity index (χ2v) is 4.98. The Morgan fingerprint density at radius 2 is 1.83 bits per heavy atom. The van der Waals surface area contributed by atoms with Crippen molar-refractivity contribution >= 4 is 0 Å². The van der Waals surface area contributed by atoms with Crippen LogP contribution in [0.5, 0.6) is 0 Å². The highest BCUT2D eigenvalue weighted by molar-refractivity contribution is 5.19. The molecule has 0 unspecified atom stereocenters. The van der Waals surface area contributed by atoms with Gasteiger partial charge in [-0.1, -0.05) is 6.07 Å². The van der Waals surface area contributed by atoms with Crippen molar-refractivity contribution in [2.24, 2.45) is 5.92 Å². The molecule has 1 N–H and O–H groups in total. The van der Waals surface area contributed by atoms with Crippen LogP contribution in [0.3, 0.4) is 0 Å². The Hall–Kier alpha value is -1.00. The monoisotopic (exact) mass is 254 g/mol. The molecule has 1 saturated heterocycles. The van der Waals surface area contributed by atoms with E-state index in [1.807, 2.05) is 7.05 Å². The molecule has 0 aliphatic carbocycles. The molecule has 1 fully saturated rings. The zero-order valence-electron chi connectivity index (χ0n) is 10.8. The second kappa shape index (κ2) is 6.25. The fourth-order valence-electron chi connectivity index (χ4n) is 2.54. The summed E-state index contributed by atoms with van der Waals surface area (Å²) in [5.41, 5.74) is 0.199. The van der Waals surface area contributed by atoms with E-state index < -0.39 is 11.6 Å².